The molecule has 3 N–H and O–H groups in total. The molecule has 0 unspecified atom stereocenters. The summed E-state index contributed by atoms with van der Waals surface area (Å²) >= 11 is 0. The topological polar surface area (TPSA) is 139 Å². The van der Waals surface area contributed by atoms with E-state index in [0.29, 0.717) is 29.6 Å². The van der Waals surface area contributed by atoms with Crippen LogP contribution in [-0.4, -0.2) is 30.6 Å². The highest BCUT2D eigenvalue weighted by atomic mass is 19.1. The monoisotopic (exact) mass is 547 g/mol. The summed E-state index contributed by atoms with van der Waals surface area (Å²) in [5.74, 6) is 0.102. The van der Waals surface area contributed by atoms with E-state index in [2.05, 4.69) is 31.4 Å². The smallest absolute Gasteiger partial charge is 0.250 e. The number of pyridine rings is 1. The number of amides is 1. The number of nitrogens with zero attached hydrogens (tertiary/aromatic N) is 7. The molecule has 2 aromatic carbocycles. The molecular formula is C30H26FN9O. The molecule has 0 spiro atoms. The van der Waals surface area contributed by atoms with E-state index in [4.69, 9.17) is 5.73 Å². The molecular weight excluding hydrogens is 521 g/mol. The molecule has 5 rings (SSSR count). The van der Waals surface area contributed by atoms with Gasteiger partial charge in [0.2, 0.25) is 11.9 Å². The number of aromatic nitrogens is 5. The Morgan fingerprint density at radius 1 is 1.07 bits per heavy atom. The van der Waals surface area contributed by atoms with Crippen LogP contribution < -0.4 is 16.0 Å². The van der Waals surface area contributed by atoms with Crippen molar-refractivity contribution in [2.75, 3.05) is 10.2 Å². The van der Waals surface area contributed by atoms with Crippen LogP contribution in [-0.2, 0) is 13.6 Å². The summed E-state index contributed by atoms with van der Waals surface area (Å²) in [4.78, 5) is 26.8. The first-order chi connectivity index (χ1) is 19.8. The van der Waals surface area contributed by atoms with Gasteiger partial charge in [-0.2, -0.15) is 10.4 Å². The number of nitrogens with one attached hydrogen (secondary N) is 1. The number of carbonyl (C=O) groups excluding carboxylic acids is 1. The van der Waals surface area contributed by atoms with Crippen molar-refractivity contribution in [2.24, 2.45) is 12.8 Å². The zero-order chi connectivity index (χ0) is 28.9. The van der Waals surface area contributed by atoms with Crippen molar-refractivity contribution in [1.29, 1.82) is 5.26 Å². The van der Waals surface area contributed by atoms with Crippen LogP contribution in [0.1, 0.15) is 40.0 Å². The summed E-state index contributed by atoms with van der Waals surface area (Å²) in [6.07, 6.45) is 8.21. The van der Waals surface area contributed by atoms with Gasteiger partial charge >= 0.3 is 0 Å². The zero-order valence-corrected chi connectivity index (χ0v) is 22.4. The van der Waals surface area contributed by atoms with E-state index in [9.17, 15) is 14.4 Å². The second-order valence-electron chi connectivity index (χ2n) is 9.43. The van der Waals surface area contributed by atoms with E-state index in [0.717, 1.165) is 22.3 Å². The number of carbonyl (C=O) groups is 1. The number of halogens is 1. The largest absolute Gasteiger partial charge is 0.366 e. The summed E-state index contributed by atoms with van der Waals surface area (Å²) in [6, 6.07) is 17.3. The van der Waals surface area contributed by atoms with E-state index in [-0.39, 0.29) is 17.4 Å². The summed E-state index contributed by atoms with van der Waals surface area (Å²) in [5.41, 5.74) is 10.00. The van der Waals surface area contributed by atoms with Crippen LogP contribution in [0.3, 0.4) is 0 Å². The second-order valence-corrected chi connectivity index (χ2v) is 9.43. The summed E-state index contributed by atoms with van der Waals surface area (Å²) < 4.78 is 15.3. The van der Waals surface area contributed by atoms with Gasteiger partial charge in [-0.05, 0) is 47.9 Å². The van der Waals surface area contributed by atoms with Gasteiger partial charge in [-0.25, -0.2) is 14.4 Å². The van der Waals surface area contributed by atoms with Gasteiger partial charge in [0.15, 0.2) is 5.82 Å². The average molecular weight is 548 g/mol. The molecule has 0 fully saturated rings. The first kappa shape index (κ1) is 27.0. The fourth-order valence-electron chi connectivity index (χ4n) is 4.41. The van der Waals surface area contributed by atoms with Crippen molar-refractivity contribution >= 4 is 23.4 Å². The Hall–Kier alpha value is -5.63. The summed E-state index contributed by atoms with van der Waals surface area (Å²) in [7, 11) is 1.82. The third kappa shape index (κ3) is 6.17. The SMILES string of the molecule is C[C@@H](c1ccc(F)cc1)N(Cc1ccc(-c2cnc(Nc3ccn(C)n3)nc2)cc1C#N)c1cncc(C(N)=O)c1. The highest BCUT2D eigenvalue weighted by molar-refractivity contribution is 5.93. The Kier molecular flexibility index (Phi) is 7.65. The number of nitriles is 1. The molecule has 0 saturated heterocycles. The Bertz CT molecular complexity index is 1730. The number of aryl methyl sites for hydroxylation is 1. The fraction of sp³-hybridized carbons (Fsp3) is 0.133. The maximum Gasteiger partial charge on any atom is 0.250 e. The van der Waals surface area contributed by atoms with Crippen molar-refractivity contribution in [3.8, 4) is 17.2 Å². The minimum absolute atomic E-state index is 0.251. The standard InChI is InChI=1S/C30H26FN9O/c1-19(20-5-7-26(31)8-6-20)40(27-12-24(29(33)41)14-34-17-27)18-22-4-3-21(11-23(22)13-32)25-15-35-30(36-16-25)37-28-9-10-39(2)38-28/h3-12,14-17,19H,18H2,1-2H3,(H2,33,41)(H,35,36,37,38)/t19-/m0/s1. The Morgan fingerprint density at radius 2 is 1.83 bits per heavy atom. The lowest BCUT2D eigenvalue weighted by atomic mass is 9.99. The van der Waals surface area contributed by atoms with E-state index in [1.807, 2.05) is 43.3 Å². The number of rotatable bonds is 9. The highest BCUT2D eigenvalue weighted by Crippen LogP contribution is 2.31. The molecule has 11 heteroatoms. The molecule has 5 aromatic rings. The van der Waals surface area contributed by atoms with Crippen LogP contribution in [0.5, 0.6) is 0 Å². The molecule has 1 amide bonds. The average Bonchev–Trinajstić information content (AvgIpc) is 3.40. The molecule has 0 radical (unpaired) electrons. The zero-order valence-electron chi connectivity index (χ0n) is 22.4. The van der Waals surface area contributed by atoms with Crippen LogP contribution in [0.25, 0.3) is 11.1 Å². The van der Waals surface area contributed by atoms with Crippen molar-refractivity contribution in [2.45, 2.75) is 19.5 Å². The lowest BCUT2D eigenvalue weighted by Gasteiger charge is -2.32. The first-order valence-electron chi connectivity index (χ1n) is 12.7. The molecule has 41 heavy (non-hydrogen) atoms. The van der Waals surface area contributed by atoms with Gasteiger partial charge in [0.1, 0.15) is 5.82 Å². The fourth-order valence-corrected chi connectivity index (χ4v) is 4.41. The van der Waals surface area contributed by atoms with Gasteiger partial charge in [0.25, 0.3) is 0 Å². The molecule has 0 saturated carbocycles. The van der Waals surface area contributed by atoms with Gasteiger partial charge in [-0.15, -0.1) is 0 Å². The van der Waals surface area contributed by atoms with Gasteiger partial charge in [0, 0.05) is 50.0 Å². The number of hydrogen-bond donors (Lipinski definition) is 2. The lowest BCUT2D eigenvalue weighted by Crippen LogP contribution is -2.27. The molecule has 0 aliphatic carbocycles. The summed E-state index contributed by atoms with van der Waals surface area (Å²) in [6.45, 7) is 2.28. The Labute approximate surface area is 235 Å². The van der Waals surface area contributed by atoms with Crippen molar-refractivity contribution in [3.63, 3.8) is 0 Å². The van der Waals surface area contributed by atoms with Crippen molar-refractivity contribution in [3.05, 3.63) is 114 Å². The molecule has 3 heterocycles. The molecule has 204 valence electrons. The van der Waals surface area contributed by atoms with E-state index in [1.54, 1.807) is 47.5 Å². The van der Waals surface area contributed by atoms with E-state index in [1.165, 1.54) is 18.3 Å². The van der Waals surface area contributed by atoms with E-state index < -0.39 is 5.91 Å². The number of primary amides is 1. The summed E-state index contributed by atoms with van der Waals surface area (Å²) in [5, 5.41) is 17.4. The van der Waals surface area contributed by atoms with Crippen molar-refractivity contribution in [1.82, 2.24) is 24.7 Å². The van der Waals surface area contributed by atoms with Gasteiger partial charge in [0.05, 0.1) is 35.1 Å². The Morgan fingerprint density at radius 3 is 2.49 bits per heavy atom. The van der Waals surface area contributed by atoms with Crippen LogP contribution in [0.2, 0.25) is 0 Å². The number of hydrogen-bond acceptors (Lipinski definition) is 8. The van der Waals surface area contributed by atoms with Crippen LogP contribution >= 0.6 is 0 Å². The van der Waals surface area contributed by atoms with Crippen molar-refractivity contribution < 1.29 is 9.18 Å². The third-order valence-corrected chi connectivity index (χ3v) is 6.67. The van der Waals surface area contributed by atoms with Gasteiger partial charge < -0.3 is 16.0 Å². The maximum atomic E-state index is 13.6. The normalized spacial score (nSPS) is 11.5. The lowest BCUT2D eigenvalue weighted by molar-refractivity contribution is 0.1000. The van der Waals surface area contributed by atoms with Gasteiger partial charge in [-0.1, -0.05) is 24.3 Å². The Balaban J connectivity index is 1.44. The molecule has 0 aliphatic heterocycles. The second kappa shape index (κ2) is 11.6. The molecule has 10 nitrogen and oxygen atoms in total. The van der Waals surface area contributed by atoms with E-state index >= 15 is 0 Å². The number of nitrogens with two attached hydrogens (primary N) is 1. The maximum absolute atomic E-state index is 13.6. The predicted octanol–water partition coefficient (Wildman–Crippen LogP) is 4.89. The highest BCUT2D eigenvalue weighted by Gasteiger charge is 2.20. The van der Waals surface area contributed by atoms with Crippen LogP contribution in [0, 0.1) is 17.1 Å². The molecule has 3 aromatic heterocycles. The first-order valence-corrected chi connectivity index (χ1v) is 12.7. The van der Waals surface area contributed by atoms with Crippen LogP contribution in [0.15, 0.2) is 85.6 Å². The predicted molar refractivity (Wildman–Crippen MR) is 152 cm³/mol. The number of anilines is 3. The minimum atomic E-state index is -0.598. The minimum Gasteiger partial charge on any atom is -0.366 e. The molecule has 0 bridgehead atoms. The number of benzene rings is 2. The van der Waals surface area contributed by atoms with Gasteiger partial charge in [-0.3, -0.25) is 14.5 Å². The quantitative estimate of drug-likeness (QED) is 0.266. The van der Waals surface area contributed by atoms with Crippen LogP contribution in [0.4, 0.5) is 21.8 Å². The molecule has 1 atom stereocenters. The molecule has 0 aliphatic rings. The third-order valence-electron chi connectivity index (χ3n) is 6.67.